The summed E-state index contributed by atoms with van der Waals surface area (Å²) >= 11 is 0. The van der Waals surface area contributed by atoms with Crippen LogP contribution in [0.15, 0.2) is 24.5 Å². The monoisotopic (exact) mass is 302 g/mol. The second-order valence-electron chi connectivity index (χ2n) is 5.79. The van der Waals surface area contributed by atoms with E-state index in [9.17, 15) is 14.4 Å². The predicted octanol–water partition coefficient (Wildman–Crippen LogP) is 0.579. The molecular weight excluding hydrogens is 284 g/mol. The lowest BCUT2D eigenvalue weighted by atomic mass is 10.1. The Kier molecular flexibility index (Phi) is 3.56. The van der Waals surface area contributed by atoms with Gasteiger partial charge in [-0.2, -0.15) is 0 Å². The molecule has 2 saturated heterocycles. The summed E-state index contributed by atoms with van der Waals surface area (Å²) in [6, 6.07) is 2.41. The first-order valence-electron chi connectivity index (χ1n) is 7.33. The molecule has 0 bridgehead atoms. The van der Waals surface area contributed by atoms with E-state index in [4.69, 9.17) is 0 Å². The number of aromatic nitrogens is 1. The van der Waals surface area contributed by atoms with Crippen LogP contribution in [0.4, 0.5) is 4.79 Å². The zero-order valence-corrected chi connectivity index (χ0v) is 12.6. The van der Waals surface area contributed by atoms with Gasteiger partial charge in [-0.25, -0.2) is 4.79 Å². The van der Waals surface area contributed by atoms with Crippen molar-refractivity contribution in [2.24, 2.45) is 0 Å². The van der Waals surface area contributed by atoms with Crippen LogP contribution in [0, 0.1) is 0 Å². The van der Waals surface area contributed by atoms with Crippen LogP contribution in [-0.2, 0) is 4.79 Å². The highest BCUT2D eigenvalue weighted by Gasteiger charge is 2.49. The quantitative estimate of drug-likeness (QED) is 0.749. The van der Waals surface area contributed by atoms with Gasteiger partial charge in [-0.05, 0) is 26.0 Å². The molecule has 4 amide bonds. The fourth-order valence-corrected chi connectivity index (χ4v) is 2.95. The molecule has 0 spiro atoms. The van der Waals surface area contributed by atoms with Gasteiger partial charge in [-0.15, -0.1) is 0 Å². The molecule has 1 aromatic heterocycles. The summed E-state index contributed by atoms with van der Waals surface area (Å²) in [7, 11) is 0. The highest BCUT2D eigenvalue weighted by atomic mass is 16.2. The molecule has 7 nitrogen and oxygen atoms in total. The Morgan fingerprint density at radius 2 is 2.09 bits per heavy atom. The molecule has 1 atom stereocenters. The maximum Gasteiger partial charge on any atom is 0.327 e. The minimum Gasteiger partial charge on any atom is -0.334 e. The van der Waals surface area contributed by atoms with Gasteiger partial charge in [0.05, 0.1) is 12.1 Å². The standard InChI is InChI=1S/C15H18N4O3/c1-10(2)19-14(21)12-9-17(6-7-18(12)15(19)22)13(20)11-4-3-5-16-8-11/h3-5,8,10,12H,6-7,9H2,1-2H3/t12-/m1/s1. The van der Waals surface area contributed by atoms with Crippen molar-refractivity contribution in [3.05, 3.63) is 30.1 Å². The van der Waals surface area contributed by atoms with Gasteiger partial charge in [-0.1, -0.05) is 0 Å². The molecule has 7 heteroatoms. The minimum absolute atomic E-state index is 0.156. The Morgan fingerprint density at radius 1 is 1.32 bits per heavy atom. The Labute approximate surface area is 128 Å². The second kappa shape index (κ2) is 5.40. The molecule has 0 aromatic carbocycles. The van der Waals surface area contributed by atoms with Crippen molar-refractivity contribution in [3.63, 3.8) is 0 Å². The molecule has 0 N–H and O–H groups in total. The maximum absolute atomic E-state index is 12.4. The summed E-state index contributed by atoms with van der Waals surface area (Å²) in [5, 5.41) is 0. The van der Waals surface area contributed by atoms with E-state index in [1.54, 1.807) is 28.1 Å². The molecule has 3 rings (SSSR count). The van der Waals surface area contributed by atoms with Crippen LogP contribution < -0.4 is 0 Å². The first kappa shape index (κ1) is 14.5. The van der Waals surface area contributed by atoms with Crippen LogP contribution in [0.1, 0.15) is 24.2 Å². The van der Waals surface area contributed by atoms with Gasteiger partial charge in [0, 0.05) is 31.5 Å². The number of rotatable bonds is 2. The molecule has 2 aliphatic heterocycles. The van der Waals surface area contributed by atoms with E-state index in [2.05, 4.69) is 4.98 Å². The third kappa shape index (κ3) is 2.22. The fourth-order valence-electron chi connectivity index (χ4n) is 2.95. The number of imide groups is 1. The molecular formula is C15H18N4O3. The largest absolute Gasteiger partial charge is 0.334 e. The molecule has 0 aliphatic carbocycles. The van der Waals surface area contributed by atoms with Crippen LogP contribution in [0.5, 0.6) is 0 Å². The predicted molar refractivity (Wildman–Crippen MR) is 78.0 cm³/mol. The number of piperazine rings is 1. The van der Waals surface area contributed by atoms with E-state index < -0.39 is 6.04 Å². The smallest absolute Gasteiger partial charge is 0.327 e. The number of pyridine rings is 1. The fraction of sp³-hybridized carbons (Fsp3) is 0.467. The molecule has 0 saturated carbocycles. The molecule has 116 valence electrons. The van der Waals surface area contributed by atoms with E-state index in [-0.39, 0.29) is 30.4 Å². The average molecular weight is 302 g/mol. The van der Waals surface area contributed by atoms with E-state index in [0.717, 1.165) is 0 Å². The summed E-state index contributed by atoms with van der Waals surface area (Å²) in [6.45, 7) is 4.67. The number of fused-ring (bicyclic) bond motifs is 1. The van der Waals surface area contributed by atoms with Crippen molar-refractivity contribution >= 4 is 17.8 Å². The summed E-state index contributed by atoms with van der Waals surface area (Å²) < 4.78 is 0. The van der Waals surface area contributed by atoms with Crippen molar-refractivity contribution < 1.29 is 14.4 Å². The molecule has 2 fully saturated rings. The van der Waals surface area contributed by atoms with Crippen LogP contribution in [-0.4, -0.2) is 69.2 Å². The summed E-state index contributed by atoms with van der Waals surface area (Å²) in [5.41, 5.74) is 0.494. The van der Waals surface area contributed by atoms with E-state index in [1.807, 2.05) is 13.8 Å². The lowest BCUT2D eigenvalue weighted by molar-refractivity contribution is -0.130. The van der Waals surface area contributed by atoms with E-state index in [0.29, 0.717) is 18.7 Å². The number of hydrogen-bond donors (Lipinski definition) is 0. The van der Waals surface area contributed by atoms with E-state index in [1.165, 1.54) is 11.1 Å². The zero-order valence-electron chi connectivity index (χ0n) is 12.6. The van der Waals surface area contributed by atoms with Crippen LogP contribution in [0.3, 0.4) is 0 Å². The summed E-state index contributed by atoms with van der Waals surface area (Å²) in [6.07, 6.45) is 3.12. The Hall–Kier alpha value is -2.44. The number of carbonyl (C=O) groups excluding carboxylic acids is 3. The van der Waals surface area contributed by atoms with Crippen molar-refractivity contribution in [2.75, 3.05) is 19.6 Å². The number of hydrogen-bond acceptors (Lipinski definition) is 4. The Balaban J connectivity index is 1.78. The second-order valence-corrected chi connectivity index (χ2v) is 5.79. The topological polar surface area (TPSA) is 73.8 Å². The third-order valence-electron chi connectivity index (χ3n) is 4.07. The highest BCUT2D eigenvalue weighted by Crippen LogP contribution is 2.24. The van der Waals surface area contributed by atoms with Crippen LogP contribution in [0.2, 0.25) is 0 Å². The number of amides is 4. The maximum atomic E-state index is 12.4. The zero-order chi connectivity index (χ0) is 15.9. The summed E-state index contributed by atoms with van der Waals surface area (Å²) in [5.74, 6) is -0.375. The molecule has 0 unspecified atom stereocenters. The van der Waals surface area contributed by atoms with Crippen LogP contribution in [0.25, 0.3) is 0 Å². The molecule has 0 radical (unpaired) electrons. The van der Waals surface area contributed by atoms with Crippen molar-refractivity contribution in [2.45, 2.75) is 25.9 Å². The van der Waals surface area contributed by atoms with Gasteiger partial charge in [0.2, 0.25) is 0 Å². The SMILES string of the molecule is CC(C)N1C(=O)[C@H]2CN(C(=O)c3cccnc3)CCN2C1=O. The van der Waals surface area contributed by atoms with Gasteiger partial charge >= 0.3 is 6.03 Å². The lowest BCUT2D eigenvalue weighted by Crippen LogP contribution is -2.54. The third-order valence-corrected chi connectivity index (χ3v) is 4.07. The van der Waals surface area contributed by atoms with Crippen molar-refractivity contribution in [3.8, 4) is 0 Å². The molecule has 1 aromatic rings. The Bertz CT molecular complexity index is 616. The van der Waals surface area contributed by atoms with Crippen molar-refractivity contribution in [1.29, 1.82) is 0 Å². The lowest BCUT2D eigenvalue weighted by Gasteiger charge is -2.35. The minimum atomic E-state index is -0.565. The first-order chi connectivity index (χ1) is 10.5. The van der Waals surface area contributed by atoms with Gasteiger partial charge < -0.3 is 9.80 Å². The number of nitrogens with zero attached hydrogens (tertiary/aromatic N) is 4. The average Bonchev–Trinajstić information content (AvgIpc) is 2.78. The summed E-state index contributed by atoms with van der Waals surface area (Å²) in [4.78, 5) is 45.5. The van der Waals surface area contributed by atoms with Crippen LogP contribution >= 0.6 is 0 Å². The molecule has 2 aliphatic rings. The van der Waals surface area contributed by atoms with Gasteiger partial charge in [0.15, 0.2) is 0 Å². The normalized spacial score (nSPS) is 21.6. The highest BCUT2D eigenvalue weighted by molar-refractivity contribution is 6.05. The van der Waals surface area contributed by atoms with Gasteiger partial charge in [-0.3, -0.25) is 19.5 Å². The Morgan fingerprint density at radius 3 is 2.73 bits per heavy atom. The number of urea groups is 1. The van der Waals surface area contributed by atoms with Gasteiger partial charge in [0.25, 0.3) is 11.8 Å². The molecule has 22 heavy (non-hydrogen) atoms. The van der Waals surface area contributed by atoms with Gasteiger partial charge in [0.1, 0.15) is 6.04 Å². The van der Waals surface area contributed by atoms with E-state index >= 15 is 0 Å². The number of carbonyl (C=O) groups is 3. The van der Waals surface area contributed by atoms with Crippen molar-refractivity contribution in [1.82, 2.24) is 19.7 Å². The first-order valence-corrected chi connectivity index (χ1v) is 7.33. The molecule has 3 heterocycles.